The van der Waals surface area contributed by atoms with Crippen molar-refractivity contribution in [3.8, 4) is 0 Å². The van der Waals surface area contributed by atoms with E-state index in [-0.39, 0.29) is 10.9 Å². The number of pyridine rings is 1. The molecule has 0 spiro atoms. The van der Waals surface area contributed by atoms with Gasteiger partial charge < -0.3 is 9.64 Å². The Labute approximate surface area is 166 Å². The molecule has 1 aromatic carbocycles. The molecule has 3 rings (SSSR count). The van der Waals surface area contributed by atoms with Crippen LogP contribution in [0.25, 0.3) is 10.8 Å². The van der Waals surface area contributed by atoms with Gasteiger partial charge in [-0.3, -0.25) is 4.98 Å². The minimum atomic E-state index is -3.68. The van der Waals surface area contributed by atoms with Crippen molar-refractivity contribution in [2.75, 3.05) is 19.6 Å². The van der Waals surface area contributed by atoms with E-state index < -0.39 is 21.7 Å². The first-order valence-corrected chi connectivity index (χ1v) is 10.9. The lowest BCUT2D eigenvalue weighted by Gasteiger charge is -2.30. The van der Waals surface area contributed by atoms with Gasteiger partial charge in [0.25, 0.3) is 0 Å². The molecule has 1 aliphatic rings. The zero-order valence-corrected chi connectivity index (χ0v) is 17.6. The van der Waals surface area contributed by atoms with E-state index in [1.807, 2.05) is 27.7 Å². The lowest BCUT2D eigenvalue weighted by Crippen LogP contribution is -2.45. The van der Waals surface area contributed by atoms with Gasteiger partial charge in [0.15, 0.2) is 0 Å². The van der Waals surface area contributed by atoms with Gasteiger partial charge in [-0.15, -0.1) is 0 Å². The van der Waals surface area contributed by atoms with E-state index in [0.717, 1.165) is 10.8 Å². The highest BCUT2D eigenvalue weighted by atomic mass is 32.2. The Hall–Kier alpha value is -2.19. The Morgan fingerprint density at radius 2 is 1.93 bits per heavy atom. The van der Waals surface area contributed by atoms with Gasteiger partial charge in [0.1, 0.15) is 5.60 Å². The summed E-state index contributed by atoms with van der Waals surface area (Å²) < 4.78 is 33.5. The normalized spacial score (nSPS) is 19.4. The van der Waals surface area contributed by atoms with Gasteiger partial charge in [-0.25, -0.2) is 13.2 Å². The highest BCUT2D eigenvalue weighted by molar-refractivity contribution is 7.89. The molecule has 28 heavy (non-hydrogen) atoms. The summed E-state index contributed by atoms with van der Waals surface area (Å²) in [6, 6.07) is 6.50. The molecule has 1 saturated heterocycles. The summed E-state index contributed by atoms with van der Waals surface area (Å²) in [6.07, 6.45) is 3.50. The van der Waals surface area contributed by atoms with E-state index in [0.29, 0.717) is 26.1 Å². The molecule has 0 bridgehead atoms. The second kappa shape index (κ2) is 7.67. The second-order valence-corrected chi connectivity index (χ2v) is 10.0. The van der Waals surface area contributed by atoms with Crippen molar-refractivity contribution >= 4 is 26.9 Å². The third-order valence-corrected chi connectivity index (χ3v) is 6.66. The minimum Gasteiger partial charge on any atom is -0.444 e. The molecule has 0 N–H and O–H groups in total. The first-order valence-electron chi connectivity index (χ1n) is 9.41. The van der Waals surface area contributed by atoms with E-state index in [2.05, 4.69) is 4.98 Å². The fourth-order valence-corrected chi connectivity index (χ4v) is 5.04. The molecule has 1 atom stereocenters. The number of amides is 1. The van der Waals surface area contributed by atoms with Gasteiger partial charge in [0.2, 0.25) is 10.0 Å². The van der Waals surface area contributed by atoms with Crippen LogP contribution in [0.15, 0.2) is 41.6 Å². The van der Waals surface area contributed by atoms with E-state index in [9.17, 15) is 13.2 Å². The predicted octanol–water partition coefficient (Wildman–Crippen LogP) is 3.25. The standard InChI is InChI=1S/C20H27N3O4S/c1-15-14-22(19(24)27-20(2,3)4)10-5-11-23(15)28(25,26)18-7-6-17-13-21-9-8-16(17)12-18/h6-9,12-13,15H,5,10-11,14H2,1-4H3. The number of carbonyl (C=O) groups is 1. The highest BCUT2D eigenvalue weighted by Gasteiger charge is 2.34. The summed E-state index contributed by atoms with van der Waals surface area (Å²) >= 11 is 0. The van der Waals surface area contributed by atoms with Crippen molar-refractivity contribution < 1.29 is 17.9 Å². The van der Waals surface area contributed by atoms with Crippen molar-refractivity contribution in [1.82, 2.24) is 14.2 Å². The van der Waals surface area contributed by atoms with Crippen molar-refractivity contribution in [3.63, 3.8) is 0 Å². The number of rotatable bonds is 2. The van der Waals surface area contributed by atoms with Crippen LogP contribution in [0, 0.1) is 0 Å². The highest BCUT2D eigenvalue weighted by Crippen LogP contribution is 2.25. The lowest BCUT2D eigenvalue weighted by atomic mass is 10.2. The van der Waals surface area contributed by atoms with E-state index in [1.54, 1.807) is 41.6 Å². The molecular weight excluding hydrogens is 378 g/mol. The summed E-state index contributed by atoms with van der Waals surface area (Å²) in [4.78, 5) is 18.3. The molecule has 2 aromatic rings. The quantitative estimate of drug-likeness (QED) is 0.766. The van der Waals surface area contributed by atoms with Crippen molar-refractivity contribution in [2.24, 2.45) is 0 Å². The number of benzene rings is 1. The van der Waals surface area contributed by atoms with Gasteiger partial charge >= 0.3 is 6.09 Å². The second-order valence-electron chi connectivity index (χ2n) is 8.13. The molecule has 2 heterocycles. The van der Waals surface area contributed by atoms with Crippen LogP contribution < -0.4 is 0 Å². The fraction of sp³-hybridized carbons (Fsp3) is 0.500. The van der Waals surface area contributed by atoms with Gasteiger partial charge in [0.05, 0.1) is 4.90 Å². The van der Waals surface area contributed by atoms with Crippen LogP contribution in [-0.2, 0) is 14.8 Å². The SMILES string of the molecule is CC1CN(C(=O)OC(C)(C)C)CCCN1S(=O)(=O)c1ccc2cnccc2c1. The Bertz CT molecular complexity index is 969. The summed E-state index contributed by atoms with van der Waals surface area (Å²) in [7, 11) is -3.68. The number of hydrogen-bond donors (Lipinski definition) is 0. The maximum atomic E-state index is 13.3. The Morgan fingerprint density at radius 1 is 1.18 bits per heavy atom. The first-order chi connectivity index (χ1) is 13.1. The molecule has 7 nitrogen and oxygen atoms in total. The minimum absolute atomic E-state index is 0.253. The number of sulfonamides is 1. The first kappa shape index (κ1) is 20.5. The van der Waals surface area contributed by atoms with Crippen LogP contribution in [0.5, 0.6) is 0 Å². The third kappa shape index (κ3) is 4.44. The molecule has 1 unspecified atom stereocenters. The maximum Gasteiger partial charge on any atom is 0.410 e. The van der Waals surface area contributed by atoms with Crippen LogP contribution in [0.4, 0.5) is 4.79 Å². The summed E-state index contributed by atoms with van der Waals surface area (Å²) in [5, 5.41) is 1.72. The van der Waals surface area contributed by atoms with Crippen LogP contribution in [0.3, 0.4) is 0 Å². The fourth-order valence-electron chi connectivity index (χ4n) is 3.35. The predicted molar refractivity (Wildman–Crippen MR) is 108 cm³/mol. The number of nitrogens with zero attached hydrogens (tertiary/aromatic N) is 3. The average molecular weight is 406 g/mol. The molecular formula is C20H27N3O4S. The molecule has 8 heteroatoms. The monoisotopic (exact) mass is 405 g/mol. The number of ether oxygens (including phenoxy) is 1. The topological polar surface area (TPSA) is 79.8 Å². The zero-order valence-electron chi connectivity index (χ0n) is 16.8. The smallest absolute Gasteiger partial charge is 0.410 e. The largest absolute Gasteiger partial charge is 0.444 e. The zero-order chi connectivity index (χ0) is 20.5. The van der Waals surface area contributed by atoms with Gasteiger partial charge in [-0.05, 0) is 57.7 Å². The number of fused-ring (bicyclic) bond motifs is 1. The van der Waals surface area contributed by atoms with Gasteiger partial charge in [-0.2, -0.15) is 4.31 Å². The van der Waals surface area contributed by atoms with Crippen molar-refractivity contribution in [1.29, 1.82) is 0 Å². The maximum absolute atomic E-state index is 13.3. The molecule has 1 aromatic heterocycles. The van der Waals surface area contributed by atoms with Crippen molar-refractivity contribution in [3.05, 3.63) is 36.7 Å². The molecule has 1 fully saturated rings. The average Bonchev–Trinajstić information content (AvgIpc) is 2.82. The Kier molecular flexibility index (Phi) is 5.63. The number of hydrogen-bond acceptors (Lipinski definition) is 5. The van der Waals surface area contributed by atoms with Crippen LogP contribution >= 0.6 is 0 Å². The van der Waals surface area contributed by atoms with Crippen LogP contribution in [0.2, 0.25) is 0 Å². The third-order valence-electron chi connectivity index (χ3n) is 4.65. The van der Waals surface area contributed by atoms with E-state index in [1.165, 1.54) is 4.31 Å². The molecule has 0 saturated carbocycles. The Morgan fingerprint density at radius 3 is 2.64 bits per heavy atom. The molecule has 0 aliphatic carbocycles. The number of carbonyl (C=O) groups excluding carboxylic acids is 1. The summed E-state index contributed by atoms with van der Waals surface area (Å²) in [5.41, 5.74) is -0.585. The molecule has 1 aliphatic heterocycles. The summed E-state index contributed by atoms with van der Waals surface area (Å²) in [5.74, 6) is 0. The van der Waals surface area contributed by atoms with Crippen LogP contribution in [-0.4, -0.2) is 60.0 Å². The molecule has 152 valence electrons. The summed E-state index contributed by atoms with van der Waals surface area (Å²) in [6.45, 7) is 8.40. The van der Waals surface area contributed by atoms with Crippen LogP contribution in [0.1, 0.15) is 34.1 Å². The lowest BCUT2D eigenvalue weighted by molar-refractivity contribution is 0.0244. The van der Waals surface area contributed by atoms with E-state index in [4.69, 9.17) is 4.74 Å². The molecule has 1 amide bonds. The van der Waals surface area contributed by atoms with Gasteiger partial charge in [0, 0.05) is 43.5 Å². The number of aromatic nitrogens is 1. The van der Waals surface area contributed by atoms with E-state index >= 15 is 0 Å². The van der Waals surface area contributed by atoms with Crippen molar-refractivity contribution in [2.45, 2.75) is 50.7 Å². The van der Waals surface area contributed by atoms with Gasteiger partial charge in [-0.1, -0.05) is 6.07 Å². The molecule has 0 radical (unpaired) electrons. The Balaban J connectivity index is 1.83.